The van der Waals surface area contributed by atoms with E-state index in [0.29, 0.717) is 23.0 Å². The van der Waals surface area contributed by atoms with Gasteiger partial charge in [0.1, 0.15) is 11.6 Å². The summed E-state index contributed by atoms with van der Waals surface area (Å²) in [6, 6.07) is 14.4. The second-order valence-corrected chi connectivity index (χ2v) is 10.1. The number of ether oxygens (including phenoxy) is 1. The molecule has 3 aromatic rings. The molecule has 3 N–H and O–H groups in total. The number of hydrogen-bond acceptors (Lipinski definition) is 9. The van der Waals surface area contributed by atoms with Crippen LogP contribution in [0.25, 0.3) is 6.08 Å². The summed E-state index contributed by atoms with van der Waals surface area (Å²) in [6.45, 7) is 11.0. The highest BCUT2D eigenvalue weighted by Crippen LogP contribution is 2.29. The van der Waals surface area contributed by atoms with E-state index >= 15 is 0 Å². The van der Waals surface area contributed by atoms with E-state index in [1.54, 1.807) is 12.3 Å². The van der Waals surface area contributed by atoms with Gasteiger partial charge < -0.3 is 25.2 Å². The number of hydrogen-bond donors (Lipinski definition) is 3. The minimum atomic E-state index is -0.351. The van der Waals surface area contributed by atoms with E-state index in [0.717, 1.165) is 62.9 Å². The average Bonchev–Trinajstić information content (AvgIpc) is 2.99. The summed E-state index contributed by atoms with van der Waals surface area (Å²) in [4.78, 5) is 31.4. The Hall–Kier alpha value is -4.15. The molecule has 2 aromatic heterocycles. The molecule has 2 aliphatic rings. The molecule has 1 aromatic carbocycles. The van der Waals surface area contributed by atoms with Gasteiger partial charge >= 0.3 is 0 Å². The number of rotatable bonds is 9. The zero-order valence-electron chi connectivity index (χ0n) is 23.1. The molecule has 0 saturated carbocycles. The monoisotopic (exact) mass is 543 g/mol. The van der Waals surface area contributed by atoms with Crippen LogP contribution in [0.4, 0.5) is 28.7 Å². The molecule has 0 aliphatic carbocycles. The van der Waals surface area contributed by atoms with Crippen molar-refractivity contribution in [3.05, 3.63) is 72.6 Å². The number of nitrogens with one attached hydrogen (secondary N) is 3. The Labute approximate surface area is 235 Å². The molecule has 2 saturated heterocycles. The number of carbonyl (C=O) groups is 1. The second kappa shape index (κ2) is 12.8. The lowest BCUT2D eigenvalue weighted by molar-refractivity contribution is 0.0538. The second-order valence-electron chi connectivity index (χ2n) is 10.1. The van der Waals surface area contributed by atoms with Crippen molar-refractivity contribution >= 4 is 40.7 Å². The molecule has 10 nitrogen and oxygen atoms in total. The molecule has 0 bridgehead atoms. The minimum Gasteiger partial charge on any atom is -0.381 e. The van der Waals surface area contributed by atoms with E-state index < -0.39 is 0 Å². The maximum absolute atomic E-state index is 12.8. The SMILES string of the molecule is C=Cc1ccc(N2CC[C@@H](Nc3cc(Nc4ccc(N5CCOCC5)cc4)ncc3C(=O)NOC)C(C)C2)nc1. The first kappa shape index (κ1) is 27.4. The third-order valence-electron chi connectivity index (χ3n) is 7.44. The van der Waals surface area contributed by atoms with E-state index in [1.165, 1.54) is 12.8 Å². The molecule has 0 spiro atoms. The molecule has 0 radical (unpaired) electrons. The van der Waals surface area contributed by atoms with Crippen LogP contribution in [0, 0.1) is 5.92 Å². The van der Waals surface area contributed by atoms with Gasteiger partial charge in [0.25, 0.3) is 5.91 Å². The Bertz CT molecular complexity index is 1290. The number of morpholine rings is 1. The summed E-state index contributed by atoms with van der Waals surface area (Å²) < 4.78 is 5.46. The number of hydroxylamine groups is 1. The van der Waals surface area contributed by atoms with Gasteiger partial charge in [0.2, 0.25) is 0 Å². The molecule has 210 valence electrons. The number of pyridine rings is 2. The molecular weight excluding hydrogens is 506 g/mol. The van der Waals surface area contributed by atoms with Crippen LogP contribution in [0.15, 0.2) is 61.4 Å². The van der Waals surface area contributed by atoms with E-state index in [9.17, 15) is 4.79 Å². The molecular formula is C30H37N7O3. The van der Waals surface area contributed by atoms with Crippen molar-refractivity contribution in [2.24, 2.45) is 5.92 Å². The fraction of sp³-hybridized carbons (Fsp3) is 0.367. The molecule has 1 unspecified atom stereocenters. The van der Waals surface area contributed by atoms with Crippen LogP contribution in [-0.4, -0.2) is 68.4 Å². The standard InChI is InChI=1S/C30H37N7O3/c1-4-22-5-10-29(32-18-22)37-12-11-26(21(2)20-37)34-27-17-28(31-19-25(27)30(38)35-39-3)33-23-6-8-24(9-7-23)36-13-15-40-16-14-36/h4-10,17-19,21,26H,1,11-16,20H2,2-3H3,(H,35,38)(H2,31,33,34)/t21?,26-/m1/s1. The van der Waals surface area contributed by atoms with Crippen molar-refractivity contribution in [1.82, 2.24) is 15.4 Å². The maximum atomic E-state index is 12.8. The first-order valence-corrected chi connectivity index (χ1v) is 13.7. The third kappa shape index (κ3) is 6.52. The molecule has 40 heavy (non-hydrogen) atoms. The molecule has 4 heterocycles. The lowest BCUT2D eigenvalue weighted by atomic mass is 9.93. The van der Waals surface area contributed by atoms with E-state index in [2.05, 4.69) is 61.5 Å². The van der Waals surface area contributed by atoms with Gasteiger partial charge in [-0.1, -0.05) is 19.6 Å². The summed E-state index contributed by atoms with van der Waals surface area (Å²) in [5.41, 5.74) is 6.64. The highest BCUT2D eigenvalue weighted by Gasteiger charge is 2.28. The number of amides is 1. The van der Waals surface area contributed by atoms with Crippen molar-refractivity contribution in [3.63, 3.8) is 0 Å². The van der Waals surface area contributed by atoms with Gasteiger partial charge in [-0.15, -0.1) is 0 Å². The predicted molar refractivity (Wildman–Crippen MR) is 159 cm³/mol. The molecule has 1 amide bonds. The summed E-state index contributed by atoms with van der Waals surface area (Å²) in [6.07, 6.45) is 6.11. The Morgan fingerprint density at radius 2 is 1.88 bits per heavy atom. The number of anilines is 5. The normalized spacial score (nSPS) is 19.1. The molecule has 2 aliphatic heterocycles. The van der Waals surface area contributed by atoms with Crippen molar-refractivity contribution in [2.75, 3.05) is 66.9 Å². The Morgan fingerprint density at radius 3 is 2.55 bits per heavy atom. The maximum Gasteiger partial charge on any atom is 0.278 e. The summed E-state index contributed by atoms with van der Waals surface area (Å²) in [5, 5.41) is 7.01. The lowest BCUT2D eigenvalue weighted by Gasteiger charge is -2.38. The summed E-state index contributed by atoms with van der Waals surface area (Å²) in [5.74, 6) is 1.57. The smallest absolute Gasteiger partial charge is 0.278 e. The van der Waals surface area contributed by atoms with Crippen molar-refractivity contribution in [3.8, 4) is 0 Å². The number of piperidine rings is 1. The summed E-state index contributed by atoms with van der Waals surface area (Å²) >= 11 is 0. The van der Waals surface area contributed by atoms with Gasteiger partial charge in [0.05, 0.1) is 31.6 Å². The number of benzene rings is 1. The summed E-state index contributed by atoms with van der Waals surface area (Å²) in [7, 11) is 1.42. The molecule has 2 fully saturated rings. The zero-order valence-corrected chi connectivity index (χ0v) is 23.1. The highest BCUT2D eigenvalue weighted by molar-refractivity contribution is 5.99. The van der Waals surface area contributed by atoms with Crippen LogP contribution >= 0.6 is 0 Å². The average molecular weight is 544 g/mol. The Morgan fingerprint density at radius 1 is 1.07 bits per heavy atom. The molecule has 10 heteroatoms. The van der Waals surface area contributed by atoms with E-state index in [-0.39, 0.29) is 11.9 Å². The number of aromatic nitrogens is 2. The largest absolute Gasteiger partial charge is 0.381 e. The molecule has 5 rings (SSSR count). The lowest BCUT2D eigenvalue weighted by Crippen LogP contribution is -2.45. The Balaban J connectivity index is 1.29. The van der Waals surface area contributed by atoms with Crippen LogP contribution in [0.3, 0.4) is 0 Å². The highest BCUT2D eigenvalue weighted by atomic mass is 16.6. The first-order chi connectivity index (χ1) is 19.5. The van der Waals surface area contributed by atoms with Gasteiger partial charge in [-0.25, -0.2) is 15.4 Å². The fourth-order valence-corrected chi connectivity index (χ4v) is 5.17. The van der Waals surface area contributed by atoms with Gasteiger partial charge in [0, 0.05) is 62.1 Å². The van der Waals surface area contributed by atoms with Crippen molar-refractivity contribution < 1.29 is 14.4 Å². The topological polar surface area (TPSA) is 104 Å². The van der Waals surface area contributed by atoms with Crippen LogP contribution in [-0.2, 0) is 9.57 Å². The van der Waals surface area contributed by atoms with Gasteiger partial charge in [-0.3, -0.25) is 9.63 Å². The number of carbonyl (C=O) groups excluding carboxylic acids is 1. The van der Waals surface area contributed by atoms with E-state index in [1.807, 2.05) is 36.5 Å². The van der Waals surface area contributed by atoms with Crippen LogP contribution in [0.1, 0.15) is 29.3 Å². The van der Waals surface area contributed by atoms with Gasteiger partial charge in [0.15, 0.2) is 0 Å². The Kier molecular flexibility index (Phi) is 8.78. The van der Waals surface area contributed by atoms with Crippen molar-refractivity contribution in [2.45, 2.75) is 19.4 Å². The zero-order chi connectivity index (χ0) is 27.9. The minimum absolute atomic E-state index is 0.167. The van der Waals surface area contributed by atoms with E-state index in [4.69, 9.17) is 9.57 Å². The third-order valence-corrected chi connectivity index (χ3v) is 7.44. The van der Waals surface area contributed by atoms with Gasteiger partial charge in [-0.05, 0) is 54.3 Å². The fourth-order valence-electron chi connectivity index (χ4n) is 5.17. The van der Waals surface area contributed by atoms with Crippen molar-refractivity contribution in [1.29, 1.82) is 0 Å². The van der Waals surface area contributed by atoms with Gasteiger partial charge in [-0.2, -0.15) is 0 Å². The molecule has 2 atom stereocenters. The van der Waals surface area contributed by atoms with Crippen LogP contribution in [0.2, 0.25) is 0 Å². The number of nitrogens with zero attached hydrogens (tertiary/aromatic N) is 4. The first-order valence-electron chi connectivity index (χ1n) is 13.7. The predicted octanol–water partition coefficient (Wildman–Crippen LogP) is 4.32. The van der Waals surface area contributed by atoms with Crippen LogP contribution in [0.5, 0.6) is 0 Å². The quantitative estimate of drug-likeness (QED) is 0.341. The van der Waals surface area contributed by atoms with Crippen LogP contribution < -0.4 is 25.9 Å².